The molecule has 1 amide bonds. The Balaban J connectivity index is 3.07. The van der Waals surface area contributed by atoms with E-state index in [0.29, 0.717) is 0 Å². The molecule has 1 N–H and O–H groups in total. The second kappa shape index (κ2) is 5.40. The van der Waals surface area contributed by atoms with Gasteiger partial charge in [-0.2, -0.15) is 0 Å². The van der Waals surface area contributed by atoms with Gasteiger partial charge < -0.3 is 10.1 Å². The molecule has 6 nitrogen and oxygen atoms in total. The van der Waals surface area contributed by atoms with Crippen LogP contribution in [0.3, 0.4) is 0 Å². The van der Waals surface area contributed by atoms with Crippen LogP contribution in [0, 0.1) is 22.5 Å². The van der Waals surface area contributed by atoms with Gasteiger partial charge in [0, 0.05) is 17.7 Å². The SMILES string of the molecule is C#CC(C)(C)NC(=O)c1ccc([N+](=O)[O-])c(OC)c1. The minimum Gasteiger partial charge on any atom is -0.490 e. The number of terminal acetylenes is 1. The van der Waals surface area contributed by atoms with E-state index in [0.717, 1.165) is 0 Å². The number of amides is 1. The third-order valence-electron chi connectivity index (χ3n) is 2.43. The number of benzene rings is 1. The molecule has 0 aromatic heterocycles. The second-order valence-corrected chi connectivity index (χ2v) is 4.37. The van der Waals surface area contributed by atoms with Gasteiger partial charge in [-0.3, -0.25) is 14.9 Å². The molecule has 0 atom stereocenters. The normalized spacial score (nSPS) is 10.4. The summed E-state index contributed by atoms with van der Waals surface area (Å²) in [7, 11) is 1.30. The maximum Gasteiger partial charge on any atom is 0.310 e. The molecule has 0 aliphatic carbocycles. The van der Waals surface area contributed by atoms with E-state index in [2.05, 4.69) is 11.2 Å². The Hall–Kier alpha value is -2.55. The lowest BCUT2D eigenvalue weighted by atomic mass is 10.1. The zero-order chi connectivity index (χ0) is 14.6. The lowest BCUT2D eigenvalue weighted by Gasteiger charge is -2.19. The summed E-state index contributed by atoms with van der Waals surface area (Å²) in [6, 6.07) is 3.87. The van der Waals surface area contributed by atoms with Crippen molar-refractivity contribution in [2.24, 2.45) is 0 Å². The number of hydrogen-bond donors (Lipinski definition) is 1. The van der Waals surface area contributed by atoms with Crippen LogP contribution in [0.2, 0.25) is 0 Å². The van der Waals surface area contributed by atoms with Gasteiger partial charge in [-0.25, -0.2) is 0 Å². The Morgan fingerprint density at radius 1 is 1.53 bits per heavy atom. The van der Waals surface area contributed by atoms with E-state index in [1.54, 1.807) is 13.8 Å². The standard InChI is InChI=1S/C13H14N2O4/c1-5-13(2,3)14-12(16)9-6-7-10(15(17)18)11(8-9)19-4/h1,6-8H,2-4H3,(H,14,16). The molecule has 1 aromatic rings. The minimum absolute atomic E-state index is 0.0242. The highest BCUT2D eigenvalue weighted by atomic mass is 16.6. The van der Waals surface area contributed by atoms with Gasteiger partial charge >= 0.3 is 5.69 Å². The molecule has 0 radical (unpaired) electrons. The van der Waals surface area contributed by atoms with Crippen molar-refractivity contribution >= 4 is 11.6 Å². The van der Waals surface area contributed by atoms with Crippen molar-refractivity contribution in [3.8, 4) is 18.1 Å². The van der Waals surface area contributed by atoms with Gasteiger partial charge in [0.2, 0.25) is 0 Å². The van der Waals surface area contributed by atoms with Crippen molar-refractivity contribution in [1.29, 1.82) is 0 Å². The lowest BCUT2D eigenvalue weighted by molar-refractivity contribution is -0.385. The van der Waals surface area contributed by atoms with E-state index >= 15 is 0 Å². The summed E-state index contributed by atoms with van der Waals surface area (Å²) in [5, 5.41) is 13.4. The van der Waals surface area contributed by atoms with Crippen LogP contribution in [0.25, 0.3) is 0 Å². The molecule has 1 rings (SSSR count). The van der Waals surface area contributed by atoms with Crippen LogP contribution in [0.15, 0.2) is 18.2 Å². The Kier molecular flexibility index (Phi) is 4.12. The van der Waals surface area contributed by atoms with E-state index in [-0.39, 0.29) is 17.0 Å². The highest BCUT2D eigenvalue weighted by Crippen LogP contribution is 2.27. The number of ether oxygens (including phenoxy) is 1. The number of hydrogen-bond acceptors (Lipinski definition) is 4. The quantitative estimate of drug-likeness (QED) is 0.509. The fourth-order valence-electron chi connectivity index (χ4n) is 1.36. The molecule has 6 heteroatoms. The number of nitro groups is 1. The predicted molar refractivity (Wildman–Crippen MR) is 70.0 cm³/mol. The van der Waals surface area contributed by atoms with Crippen molar-refractivity contribution in [1.82, 2.24) is 5.32 Å². The molecule has 19 heavy (non-hydrogen) atoms. The number of methoxy groups -OCH3 is 1. The molecule has 0 saturated carbocycles. The van der Waals surface area contributed by atoms with Crippen LogP contribution in [-0.4, -0.2) is 23.5 Å². The maximum atomic E-state index is 11.9. The monoisotopic (exact) mass is 262 g/mol. The van der Waals surface area contributed by atoms with E-state index in [4.69, 9.17) is 11.2 Å². The van der Waals surface area contributed by atoms with E-state index in [1.807, 2.05) is 0 Å². The van der Waals surface area contributed by atoms with Gasteiger partial charge in [-0.05, 0) is 19.9 Å². The summed E-state index contributed by atoms with van der Waals surface area (Å²) < 4.78 is 4.89. The maximum absolute atomic E-state index is 11.9. The van der Waals surface area contributed by atoms with Crippen LogP contribution >= 0.6 is 0 Å². The average Bonchev–Trinajstić information content (AvgIpc) is 2.37. The third kappa shape index (κ3) is 3.45. The van der Waals surface area contributed by atoms with Crippen LogP contribution in [0.4, 0.5) is 5.69 Å². The van der Waals surface area contributed by atoms with Crippen molar-refractivity contribution in [2.75, 3.05) is 7.11 Å². The molecular formula is C13H14N2O4. The number of nitrogens with one attached hydrogen (secondary N) is 1. The number of nitrogens with zero attached hydrogens (tertiary/aromatic N) is 1. The molecule has 100 valence electrons. The summed E-state index contributed by atoms with van der Waals surface area (Å²) in [6.45, 7) is 3.35. The van der Waals surface area contributed by atoms with Crippen LogP contribution in [0.1, 0.15) is 24.2 Å². The molecule has 1 aromatic carbocycles. The number of rotatable bonds is 4. The van der Waals surface area contributed by atoms with Gasteiger partial charge in [0.25, 0.3) is 5.91 Å². The summed E-state index contributed by atoms with van der Waals surface area (Å²) in [6.07, 6.45) is 5.27. The molecular weight excluding hydrogens is 248 g/mol. The van der Waals surface area contributed by atoms with Crippen molar-refractivity contribution < 1.29 is 14.5 Å². The highest BCUT2D eigenvalue weighted by molar-refractivity contribution is 5.95. The first-order chi connectivity index (χ1) is 8.80. The highest BCUT2D eigenvalue weighted by Gasteiger charge is 2.21. The minimum atomic E-state index is -0.800. The van der Waals surface area contributed by atoms with Crippen LogP contribution in [-0.2, 0) is 0 Å². The largest absolute Gasteiger partial charge is 0.490 e. The molecule has 0 aliphatic rings. The molecule has 0 saturated heterocycles. The molecule has 0 aliphatic heterocycles. The zero-order valence-corrected chi connectivity index (χ0v) is 10.9. The fraction of sp³-hybridized carbons (Fsp3) is 0.308. The lowest BCUT2D eigenvalue weighted by Crippen LogP contribution is -2.42. The average molecular weight is 262 g/mol. The molecule has 0 unspecified atom stereocenters. The Morgan fingerprint density at radius 2 is 2.16 bits per heavy atom. The Labute approximate surface area is 110 Å². The number of carbonyl (C=O) groups excluding carboxylic acids is 1. The van der Waals surface area contributed by atoms with Crippen molar-refractivity contribution in [3.05, 3.63) is 33.9 Å². The first kappa shape index (κ1) is 14.5. The topological polar surface area (TPSA) is 81.5 Å². The van der Waals surface area contributed by atoms with Gasteiger partial charge in [-0.1, -0.05) is 5.92 Å². The van der Waals surface area contributed by atoms with E-state index in [9.17, 15) is 14.9 Å². The number of nitro benzene ring substituents is 1. The summed E-state index contributed by atoms with van der Waals surface area (Å²) in [5.41, 5.74) is -0.757. The Morgan fingerprint density at radius 3 is 2.63 bits per heavy atom. The van der Waals surface area contributed by atoms with Gasteiger partial charge in [-0.15, -0.1) is 6.42 Å². The smallest absolute Gasteiger partial charge is 0.310 e. The fourth-order valence-corrected chi connectivity index (χ4v) is 1.36. The van der Waals surface area contributed by atoms with Gasteiger partial charge in [0.15, 0.2) is 5.75 Å². The summed E-state index contributed by atoms with van der Waals surface area (Å²) >= 11 is 0. The van der Waals surface area contributed by atoms with Gasteiger partial charge in [0.1, 0.15) is 0 Å². The van der Waals surface area contributed by atoms with Crippen molar-refractivity contribution in [3.63, 3.8) is 0 Å². The van der Waals surface area contributed by atoms with Crippen LogP contribution < -0.4 is 10.1 Å². The first-order valence-electron chi connectivity index (χ1n) is 5.43. The number of carbonyl (C=O) groups is 1. The molecule has 0 fully saturated rings. The second-order valence-electron chi connectivity index (χ2n) is 4.37. The van der Waals surface area contributed by atoms with Crippen LogP contribution in [0.5, 0.6) is 5.75 Å². The summed E-state index contributed by atoms with van der Waals surface area (Å²) in [4.78, 5) is 22.1. The molecule has 0 spiro atoms. The van der Waals surface area contributed by atoms with E-state index < -0.39 is 16.4 Å². The van der Waals surface area contributed by atoms with Gasteiger partial charge in [0.05, 0.1) is 17.6 Å². The molecule has 0 bridgehead atoms. The van der Waals surface area contributed by atoms with Crippen molar-refractivity contribution in [2.45, 2.75) is 19.4 Å². The van der Waals surface area contributed by atoms with E-state index in [1.165, 1.54) is 25.3 Å². The predicted octanol–water partition coefficient (Wildman–Crippen LogP) is 1.74. The third-order valence-corrected chi connectivity index (χ3v) is 2.43. The first-order valence-corrected chi connectivity index (χ1v) is 5.43. The molecule has 0 heterocycles. The zero-order valence-electron chi connectivity index (χ0n) is 10.9. The Bertz CT molecular complexity index is 558. The summed E-state index contributed by atoms with van der Waals surface area (Å²) in [5.74, 6) is 2.03.